The first kappa shape index (κ1) is 27.7. The largest absolute Gasteiger partial charge is 0.396 e. The number of aliphatic hydroxyl groups is 1. The van der Waals surface area contributed by atoms with Gasteiger partial charge < -0.3 is 9.67 Å². The molecule has 0 unspecified atom stereocenters. The molecular formula is C25H31BrFN3O3S2. The van der Waals surface area contributed by atoms with E-state index in [-0.39, 0.29) is 29.4 Å². The van der Waals surface area contributed by atoms with Crippen molar-refractivity contribution < 1.29 is 17.9 Å². The molecule has 1 aromatic heterocycles. The van der Waals surface area contributed by atoms with Crippen LogP contribution in [0.25, 0.3) is 11.3 Å². The molecule has 1 aliphatic heterocycles. The molecule has 2 aromatic carbocycles. The number of aromatic nitrogens is 1. The van der Waals surface area contributed by atoms with Gasteiger partial charge >= 0.3 is 0 Å². The van der Waals surface area contributed by atoms with Gasteiger partial charge in [0.05, 0.1) is 16.3 Å². The van der Waals surface area contributed by atoms with Crippen molar-refractivity contribution in [3.63, 3.8) is 0 Å². The number of rotatable bonds is 10. The Balaban J connectivity index is 0.00000342. The molecule has 0 radical (unpaired) electrons. The van der Waals surface area contributed by atoms with Gasteiger partial charge in [0.25, 0.3) is 0 Å². The third kappa shape index (κ3) is 6.89. The summed E-state index contributed by atoms with van der Waals surface area (Å²) in [5, 5.41) is 11.1. The van der Waals surface area contributed by atoms with Crippen LogP contribution >= 0.6 is 28.3 Å². The second-order valence-electron chi connectivity index (χ2n) is 8.42. The van der Waals surface area contributed by atoms with Crippen LogP contribution in [0.4, 0.5) is 10.1 Å². The molecule has 0 atom stereocenters. The monoisotopic (exact) mass is 583 g/mol. The summed E-state index contributed by atoms with van der Waals surface area (Å²) < 4.78 is 42.7. The Morgan fingerprint density at radius 3 is 2.26 bits per heavy atom. The SMILES string of the molecule is Br.O=S(=O)(c1ccc(-c2csc(=Nc3ccc(F)cc3)n2CCCCCCO)cc1)N1CCCC1. The van der Waals surface area contributed by atoms with Crippen LogP contribution in [0.3, 0.4) is 0 Å². The Morgan fingerprint density at radius 1 is 0.943 bits per heavy atom. The molecule has 3 aromatic rings. The highest BCUT2D eigenvalue weighted by Crippen LogP contribution is 2.26. The van der Waals surface area contributed by atoms with Crippen LogP contribution in [-0.2, 0) is 16.6 Å². The molecule has 0 amide bonds. The van der Waals surface area contributed by atoms with Gasteiger partial charge in [-0.15, -0.1) is 28.3 Å². The summed E-state index contributed by atoms with van der Waals surface area (Å²) in [6.45, 7) is 2.12. The molecule has 6 nitrogen and oxygen atoms in total. The van der Waals surface area contributed by atoms with Crippen molar-refractivity contribution in [2.75, 3.05) is 19.7 Å². The number of hydrogen-bond acceptors (Lipinski definition) is 5. The van der Waals surface area contributed by atoms with E-state index in [1.54, 1.807) is 28.6 Å². The van der Waals surface area contributed by atoms with E-state index in [9.17, 15) is 12.8 Å². The van der Waals surface area contributed by atoms with Crippen LogP contribution < -0.4 is 4.80 Å². The minimum Gasteiger partial charge on any atom is -0.396 e. The first-order chi connectivity index (χ1) is 16.5. The molecular weight excluding hydrogens is 553 g/mol. The molecule has 1 N–H and O–H groups in total. The Bertz CT molecular complexity index is 1250. The zero-order valence-electron chi connectivity index (χ0n) is 19.5. The summed E-state index contributed by atoms with van der Waals surface area (Å²) in [5.74, 6) is -0.299. The van der Waals surface area contributed by atoms with Crippen molar-refractivity contribution in [1.29, 1.82) is 0 Å². The minimum atomic E-state index is -3.45. The van der Waals surface area contributed by atoms with Gasteiger partial charge in [0.2, 0.25) is 10.0 Å². The van der Waals surface area contributed by atoms with Crippen LogP contribution in [0.1, 0.15) is 38.5 Å². The number of sulfonamides is 1. The number of benzene rings is 2. The second-order valence-corrected chi connectivity index (χ2v) is 11.2. The van der Waals surface area contributed by atoms with Crippen LogP contribution in [0, 0.1) is 5.82 Å². The summed E-state index contributed by atoms with van der Waals surface area (Å²) in [6, 6.07) is 13.2. The Morgan fingerprint density at radius 2 is 1.60 bits per heavy atom. The minimum absolute atomic E-state index is 0. The number of thiazole rings is 1. The molecule has 0 saturated carbocycles. The van der Waals surface area contributed by atoms with E-state index in [2.05, 4.69) is 4.57 Å². The summed E-state index contributed by atoms with van der Waals surface area (Å²) in [7, 11) is -3.45. The smallest absolute Gasteiger partial charge is 0.243 e. The number of halogens is 2. The summed E-state index contributed by atoms with van der Waals surface area (Å²) >= 11 is 1.50. The van der Waals surface area contributed by atoms with Crippen LogP contribution in [0.5, 0.6) is 0 Å². The second kappa shape index (κ2) is 12.9. The molecule has 10 heteroatoms. The van der Waals surface area contributed by atoms with E-state index in [1.165, 1.54) is 23.5 Å². The predicted octanol–water partition coefficient (Wildman–Crippen LogP) is 5.50. The van der Waals surface area contributed by atoms with E-state index >= 15 is 0 Å². The van der Waals surface area contributed by atoms with Gasteiger partial charge in [-0.3, -0.25) is 0 Å². The zero-order valence-corrected chi connectivity index (χ0v) is 22.8. The highest BCUT2D eigenvalue weighted by atomic mass is 79.9. The standard InChI is InChI=1S/C25H30FN3O3S2.BrH/c26-21-9-11-22(12-10-21)27-25-29(17-3-1-2-6-18-30)24(19-33-25)20-7-13-23(14-8-20)34(31,32)28-15-4-5-16-28;/h7-14,19,30H,1-6,15-18H2;1H. The fraction of sp³-hybridized carbons (Fsp3) is 0.400. The van der Waals surface area contributed by atoms with Crippen LogP contribution in [0.2, 0.25) is 0 Å². The van der Waals surface area contributed by atoms with Crippen LogP contribution in [-0.4, -0.2) is 42.1 Å². The fourth-order valence-corrected chi connectivity index (χ4v) is 6.57. The van der Waals surface area contributed by atoms with E-state index in [4.69, 9.17) is 10.1 Å². The van der Waals surface area contributed by atoms with Crippen molar-refractivity contribution in [3.05, 3.63) is 64.5 Å². The van der Waals surface area contributed by atoms with Gasteiger partial charge in [-0.1, -0.05) is 25.0 Å². The molecule has 0 bridgehead atoms. The average Bonchev–Trinajstić information content (AvgIpc) is 3.52. The van der Waals surface area contributed by atoms with E-state index in [1.807, 2.05) is 17.5 Å². The van der Waals surface area contributed by atoms with Gasteiger partial charge in [0, 0.05) is 31.6 Å². The highest BCUT2D eigenvalue weighted by molar-refractivity contribution is 8.93. The van der Waals surface area contributed by atoms with Crippen molar-refractivity contribution in [1.82, 2.24) is 8.87 Å². The first-order valence-electron chi connectivity index (χ1n) is 11.7. The summed E-state index contributed by atoms with van der Waals surface area (Å²) in [5.41, 5.74) is 2.57. The molecule has 2 heterocycles. The lowest BCUT2D eigenvalue weighted by atomic mass is 10.1. The lowest BCUT2D eigenvalue weighted by Gasteiger charge is -2.16. The fourth-order valence-electron chi connectivity index (χ4n) is 4.10. The lowest BCUT2D eigenvalue weighted by molar-refractivity contribution is 0.282. The number of hydrogen-bond donors (Lipinski definition) is 1. The maximum absolute atomic E-state index is 13.3. The summed E-state index contributed by atoms with van der Waals surface area (Å²) in [6.07, 6.45) is 5.49. The van der Waals surface area contributed by atoms with E-state index in [0.717, 1.165) is 61.1 Å². The molecule has 0 aliphatic carbocycles. The van der Waals surface area contributed by atoms with Gasteiger partial charge in [0.1, 0.15) is 5.82 Å². The van der Waals surface area contributed by atoms with Gasteiger partial charge in [-0.25, -0.2) is 17.8 Å². The Hall–Kier alpha value is -1.85. The Labute approximate surface area is 220 Å². The molecule has 35 heavy (non-hydrogen) atoms. The van der Waals surface area contributed by atoms with E-state index in [0.29, 0.717) is 23.7 Å². The van der Waals surface area contributed by atoms with Crippen molar-refractivity contribution in [2.24, 2.45) is 4.99 Å². The first-order valence-corrected chi connectivity index (χ1v) is 14.0. The number of nitrogens with zero attached hydrogens (tertiary/aromatic N) is 3. The molecule has 1 fully saturated rings. The van der Waals surface area contributed by atoms with Crippen molar-refractivity contribution >= 4 is 44.0 Å². The topological polar surface area (TPSA) is 74.9 Å². The third-order valence-electron chi connectivity index (χ3n) is 5.99. The lowest BCUT2D eigenvalue weighted by Crippen LogP contribution is -2.27. The number of aliphatic hydroxyl groups excluding tert-OH is 1. The summed E-state index contributed by atoms with van der Waals surface area (Å²) in [4.78, 5) is 5.85. The predicted molar refractivity (Wildman–Crippen MR) is 143 cm³/mol. The normalized spacial score (nSPS) is 14.9. The third-order valence-corrected chi connectivity index (χ3v) is 8.77. The van der Waals surface area contributed by atoms with E-state index < -0.39 is 10.0 Å². The maximum atomic E-state index is 13.3. The van der Waals surface area contributed by atoms with Crippen molar-refractivity contribution in [3.8, 4) is 11.3 Å². The Kier molecular flexibility index (Phi) is 10.2. The molecule has 190 valence electrons. The van der Waals surface area contributed by atoms with Crippen LogP contribution in [0.15, 0.2) is 63.8 Å². The highest BCUT2D eigenvalue weighted by Gasteiger charge is 2.27. The molecule has 1 aliphatic rings. The average molecular weight is 585 g/mol. The zero-order chi connectivity index (χ0) is 24.0. The van der Waals surface area contributed by atoms with Crippen molar-refractivity contribution in [2.45, 2.75) is 50.0 Å². The van der Waals surface area contributed by atoms with Gasteiger partial charge in [-0.05, 0) is 67.6 Å². The molecule has 4 rings (SSSR count). The van der Waals surface area contributed by atoms with Gasteiger partial charge in [0.15, 0.2) is 4.80 Å². The van der Waals surface area contributed by atoms with Gasteiger partial charge in [-0.2, -0.15) is 4.31 Å². The molecule has 0 spiro atoms. The quantitative estimate of drug-likeness (QED) is 0.320. The number of unbranched alkanes of at least 4 members (excludes halogenated alkanes) is 3. The maximum Gasteiger partial charge on any atom is 0.243 e. The molecule has 1 saturated heterocycles.